The summed E-state index contributed by atoms with van der Waals surface area (Å²) in [4.78, 5) is 29.8. The summed E-state index contributed by atoms with van der Waals surface area (Å²) in [7, 11) is 6.59. The Bertz CT molecular complexity index is 2070. The molecule has 0 radical (unpaired) electrons. The fourth-order valence-electron chi connectivity index (χ4n) is 11.3. The molecule has 2 aromatic rings. The number of carboxylic acid groups (broad SMARTS) is 1. The van der Waals surface area contributed by atoms with Crippen LogP contribution in [0.5, 0.6) is 0 Å². The second-order valence-electron chi connectivity index (χ2n) is 21.9. The van der Waals surface area contributed by atoms with Gasteiger partial charge in [-0.2, -0.15) is 0 Å². The predicted molar refractivity (Wildman–Crippen MR) is 265 cm³/mol. The first-order chi connectivity index (χ1) is 34.1. The van der Waals surface area contributed by atoms with Crippen LogP contribution in [0.3, 0.4) is 0 Å². The highest BCUT2D eigenvalue weighted by Gasteiger charge is 2.53. The zero-order chi connectivity index (χ0) is 54.5. The maximum absolute atomic E-state index is 14.7. The number of ether oxygens (including phenoxy) is 7. The highest BCUT2D eigenvalue weighted by Crippen LogP contribution is 2.41. The molecule has 20 nitrogen and oxygen atoms in total. The van der Waals surface area contributed by atoms with Gasteiger partial charge in [-0.15, -0.1) is 5.10 Å². The molecule has 3 saturated heterocycles. The third-order valence-corrected chi connectivity index (χ3v) is 16.0. The number of esters is 1. The first-order valence-corrected chi connectivity index (χ1v) is 25.7. The highest BCUT2D eigenvalue weighted by atomic mass is 19.1. The number of alkyl halides is 1. The number of rotatable bonds is 16. The Balaban J connectivity index is 1.44. The molecule has 0 amide bonds. The van der Waals surface area contributed by atoms with Crippen molar-refractivity contribution in [3.63, 3.8) is 0 Å². The van der Waals surface area contributed by atoms with Crippen LogP contribution in [0.25, 0.3) is 0 Å². The number of hydrogen-bond donors (Lipinski definition) is 6. The van der Waals surface area contributed by atoms with Crippen LogP contribution in [0, 0.1) is 17.8 Å². The number of carboxylic acids is 1. The number of aromatic nitrogens is 3. The SMILES string of the molecule is CC[C@H]1OC(=O)[C@H](C)[C@@H](O[C@H]2C[C@@](C)(OC)[C@@H](O)[C@H](C)O2)[C@H](C)[C@@H](O[C@@H]2O[C@H](C)C[C@H](N(C)CCc3cn([C@H](CF)[C@H](OC)c4ccc(C(=O)O)cc4)nn3)[C@H]2O)[C@](C)(O)C[C@@H](C)CN(C)[C@H](C)[C@@H](O)[C@]1(C)O. The van der Waals surface area contributed by atoms with E-state index in [-0.39, 0.29) is 30.7 Å². The third-order valence-electron chi connectivity index (χ3n) is 16.0. The quantitative estimate of drug-likeness (QED) is 0.131. The van der Waals surface area contributed by atoms with E-state index in [1.165, 1.54) is 38.0 Å². The fourth-order valence-corrected chi connectivity index (χ4v) is 11.3. The summed E-state index contributed by atoms with van der Waals surface area (Å²) in [5.74, 6) is -4.02. The Morgan fingerprint density at radius 3 is 2.23 bits per heavy atom. The lowest BCUT2D eigenvalue weighted by Crippen LogP contribution is -2.61. The van der Waals surface area contributed by atoms with Gasteiger partial charge < -0.3 is 73.6 Å². The molecule has 0 unspecified atom stereocenters. The van der Waals surface area contributed by atoms with Gasteiger partial charge in [0.1, 0.15) is 48.8 Å². The Labute approximate surface area is 430 Å². The normalized spacial score (nSPS) is 39.6. The maximum atomic E-state index is 14.7. The molecule has 4 heterocycles. The Kier molecular flexibility index (Phi) is 20.9. The van der Waals surface area contributed by atoms with E-state index in [0.717, 1.165) is 0 Å². The van der Waals surface area contributed by atoms with Gasteiger partial charge in [0.2, 0.25) is 0 Å². The fraction of sp³-hybridized carbons (Fsp3) is 0.808. The van der Waals surface area contributed by atoms with Crippen molar-refractivity contribution in [1.82, 2.24) is 24.8 Å². The van der Waals surface area contributed by atoms with Crippen molar-refractivity contribution < 1.29 is 77.8 Å². The van der Waals surface area contributed by atoms with Gasteiger partial charge in [0.25, 0.3) is 0 Å². The lowest BCUT2D eigenvalue weighted by Gasteiger charge is -2.49. The van der Waals surface area contributed by atoms with E-state index in [4.69, 9.17) is 33.2 Å². The summed E-state index contributed by atoms with van der Waals surface area (Å²) in [6, 6.07) is 4.00. The molecule has 3 aliphatic heterocycles. The van der Waals surface area contributed by atoms with Gasteiger partial charge >= 0.3 is 11.9 Å². The van der Waals surface area contributed by atoms with Crippen LogP contribution in [-0.2, 0) is 44.4 Å². The number of methoxy groups -OCH3 is 2. The van der Waals surface area contributed by atoms with E-state index in [2.05, 4.69) is 10.3 Å². The molecule has 5 rings (SSSR count). The summed E-state index contributed by atoms with van der Waals surface area (Å²) in [5, 5.41) is 77.6. The summed E-state index contributed by atoms with van der Waals surface area (Å²) >= 11 is 0. The molecule has 0 spiro atoms. The predicted octanol–water partition coefficient (Wildman–Crippen LogP) is 3.70. The average molecular weight is 1040 g/mol. The molecule has 3 aliphatic rings. The van der Waals surface area contributed by atoms with Crippen molar-refractivity contribution in [2.45, 2.75) is 204 Å². The number of cyclic esters (lactones) is 1. The first kappa shape index (κ1) is 60.6. The van der Waals surface area contributed by atoms with Gasteiger partial charge in [-0.3, -0.25) is 4.79 Å². The Morgan fingerprint density at radius 1 is 0.986 bits per heavy atom. The van der Waals surface area contributed by atoms with E-state index in [1.54, 1.807) is 66.8 Å². The minimum absolute atomic E-state index is 0.0720. The summed E-state index contributed by atoms with van der Waals surface area (Å²) in [5.41, 5.74) is -3.42. The van der Waals surface area contributed by atoms with Crippen molar-refractivity contribution in [3.05, 3.63) is 47.3 Å². The molecule has 1 aromatic heterocycles. The summed E-state index contributed by atoms with van der Waals surface area (Å²) in [6.45, 7) is 17.2. The number of aliphatic hydroxyl groups excluding tert-OH is 3. The molecule has 21 heteroatoms. The second-order valence-corrected chi connectivity index (χ2v) is 21.9. The lowest BCUT2D eigenvalue weighted by atomic mass is 9.77. The second kappa shape index (κ2) is 25.2. The third kappa shape index (κ3) is 14.0. The number of benzene rings is 1. The molecule has 1 aromatic carbocycles. The number of likely N-dealkylation sites (N-methyl/N-ethyl adjacent to an activating group) is 2. The first-order valence-electron chi connectivity index (χ1n) is 25.7. The van der Waals surface area contributed by atoms with Gasteiger partial charge in [0.15, 0.2) is 12.6 Å². The molecule has 3 fully saturated rings. The molecular formula is C52H86FN5O15. The lowest BCUT2D eigenvalue weighted by molar-refractivity contribution is -0.318. The van der Waals surface area contributed by atoms with Gasteiger partial charge in [-0.25, -0.2) is 13.9 Å². The van der Waals surface area contributed by atoms with Gasteiger partial charge in [-0.1, -0.05) is 38.1 Å². The molecule has 0 bridgehead atoms. The molecule has 20 atom stereocenters. The minimum Gasteiger partial charge on any atom is -0.478 e. The van der Waals surface area contributed by atoms with E-state index in [9.17, 15) is 44.6 Å². The van der Waals surface area contributed by atoms with Crippen LogP contribution in [0.1, 0.15) is 129 Å². The standard InChI is InChI=1S/C52H86FN5O15/c1-15-39-52(10,66)44(60)32(6)57(12)26-28(2)23-50(8,65)46(30(4)42(31(5)48(64)71-39)72-40-24-51(9,68-14)45(61)33(7)70-40)73-49-41(59)37(22-29(3)69-49)56(11)21-20-36-27-58(55-54-36)38(25-53)43(67-13)34-16-18-35(19-17-34)47(62)63/h16-19,27-33,37-46,49,59-61,65-66H,15,20-26H2,1-14H3,(H,62,63)/t28-,29-,30+,31-,32-,33+,37+,38-,39-,40+,41-,42+,43-,44-,45+,46-,49+,50-,51-,52-/m1/s1. The zero-order valence-corrected chi connectivity index (χ0v) is 45.3. The average Bonchev–Trinajstić information content (AvgIpc) is 3.81. The number of nitrogens with zero attached hydrogens (tertiary/aromatic N) is 5. The van der Waals surface area contributed by atoms with Gasteiger partial charge in [0, 0.05) is 64.3 Å². The number of halogens is 1. The monoisotopic (exact) mass is 1040 g/mol. The van der Waals surface area contributed by atoms with E-state index in [0.29, 0.717) is 37.2 Å². The zero-order valence-electron chi connectivity index (χ0n) is 45.3. The Morgan fingerprint density at radius 2 is 1.64 bits per heavy atom. The number of aliphatic hydroxyl groups is 5. The van der Waals surface area contributed by atoms with Crippen LogP contribution in [-0.4, -0.2) is 206 Å². The smallest absolute Gasteiger partial charge is 0.335 e. The minimum atomic E-state index is -1.86. The van der Waals surface area contributed by atoms with E-state index >= 15 is 0 Å². The molecular weight excluding hydrogens is 954 g/mol. The van der Waals surface area contributed by atoms with Crippen LogP contribution in [0.4, 0.5) is 4.39 Å². The summed E-state index contributed by atoms with van der Waals surface area (Å²) < 4.78 is 60.0. The number of aromatic carboxylic acids is 1. The van der Waals surface area contributed by atoms with Crippen molar-refractivity contribution in [2.24, 2.45) is 17.8 Å². The van der Waals surface area contributed by atoms with Gasteiger partial charge in [0.05, 0.1) is 52.8 Å². The van der Waals surface area contributed by atoms with E-state index in [1.807, 2.05) is 37.7 Å². The van der Waals surface area contributed by atoms with Crippen LogP contribution >= 0.6 is 0 Å². The Hall–Kier alpha value is -3.29. The molecule has 416 valence electrons. The van der Waals surface area contributed by atoms with Crippen molar-refractivity contribution in [2.75, 3.05) is 48.1 Å². The molecule has 0 saturated carbocycles. The van der Waals surface area contributed by atoms with Crippen LogP contribution in [0.2, 0.25) is 0 Å². The molecule has 0 aliphatic carbocycles. The number of carbonyl (C=O) groups excluding carboxylic acids is 1. The van der Waals surface area contributed by atoms with Crippen LogP contribution in [0.15, 0.2) is 30.5 Å². The van der Waals surface area contributed by atoms with Crippen molar-refractivity contribution in [1.29, 1.82) is 0 Å². The highest BCUT2D eigenvalue weighted by molar-refractivity contribution is 5.87. The summed E-state index contributed by atoms with van der Waals surface area (Å²) in [6.07, 6.45) is -8.47. The van der Waals surface area contributed by atoms with E-state index < -0.39 is 133 Å². The molecule has 73 heavy (non-hydrogen) atoms. The maximum Gasteiger partial charge on any atom is 0.335 e. The number of carbonyl (C=O) groups is 2. The topological polar surface area (TPSA) is 257 Å². The van der Waals surface area contributed by atoms with Crippen LogP contribution < -0.4 is 0 Å². The number of hydrogen-bond acceptors (Lipinski definition) is 18. The van der Waals surface area contributed by atoms with Crippen molar-refractivity contribution in [3.8, 4) is 0 Å². The molecule has 6 N–H and O–H groups in total. The van der Waals surface area contributed by atoms with Gasteiger partial charge in [-0.05, 0) is 105 Å². The largest absolute Gasteiger partial charge is 0.478 e. The van der Waals surface area contributed by atoms with Crippen molar-refractivity contribution >= 4 is 11.9 Å².